The molecule has 1 unspecified atom stereocenters. The van der Waals surface area contributed by atoms with Gasteiger partial charge in [-0.25, -0.2) is 0 Å². The quantitative estimate of drug-likeness (QED) is 0.307. The van der Waals surface area contributed by atoms with Crippen molar-refractivity contribution in [3.8, 4) is 0 Å². The lowest BCUT2D eigenvalue weighted by Crippen LogP contribution is -2.54. The van der Waals surface area contributed by atoms with Crippen molar-refractivity contribution in [3.63, 3.8) is 0 Å². The van der Waals surface area contributed by atoms with Crippen LogP contribution in [0.5, 0.6) is 0 Å². The summed E-state index contributed by atoms with van der Waals surface area (Å²) >= 11 is 14.1. The second-order valence-electron chi connectivity index (χ2n) is 9.68. The largest absolute Gasteiger partial charge is 0.350 e. The van der Waals surface area contributed by atoms with Crippen LogP contribution in [0.25, 0.3) is 0 Å². The van der Waals surface area contributed by atoms with Gasteiger partial charge >= 0.3 is 0 Å². The van der Waals surface area contributed by atoms with Crippen LogP contribution in [0.1, 0.15) is 37.5 Å². The zero-order valence-corrected chi connectivity index (χ0v) is 23.2. The van der Waals surface area contributed by atoms with Gasteiger partial charge in [-0.1, -0.05) is 83.9 Å². The molecule has 190 valence electrons. The van der Waals surface area contributed by atoms with Gasteiger partial charge in [0.1, 0.15) is 6.04 Å². The summed E-state index contributed by atoms with van der Waals surface area (Å²) in [4.78, 5) is 28.9. The van der Waals surface area contributed by atoms with Crippen LogP contribution in [-0.2, 0) is 28.3 Å². The molecule has 3 aromatic carbocycles. The lowest BCUT2D eigenvalue weighted by molar-refractivity contribution is -0.140. The number of nitrogens with zero attached hydrogens (tertiary/aromatic N) is 1. The van der Waals surface area contributed by atoms with Crippen molar-refractivity contribution < 1.29 is 9.59 Å². The van der Waals surface area contributed by atoms with Crippen molar-refractivity contribution in [2.45, 2.75) is 51.1 Å². The second-order valence-corrected chi connectivity index (χ2v) is 11.5. The van der Waals surface area contributed by atoms with Crippen molar-refractivity contribution >= 4 is 46.8 Å². The van der Waals surface area contributed by atoms with E-state index >= 15 is 0 Å². The first-order valence-electron chi connectivity index (χ1n) is 11.8. The van der Waals surface area contributed by atoms with Gasteiger partial charge in [-0.15, -0.1) is 11.8 Å². The molecule has 0 aliphatic carbocycles. The van der Waals surface area contributed by atoms with E-state index in [-0.39, 0.29) is 24.1 Å². The maximum Gasteiger partial charge on any atom is 0.243 e. The number of rotatable bonds is 10. The summed E-state index contributed by atoms with van der Waals surface area (Å²) < 4.78 is 0. The highest BCUT2D eigenvalue weighted by atomic mass is 35.5. The Morgan fingerprint density at radius 3 is 2.25 bits per heavy atom. The van der Waals surface area contributed by atoms with Gasteiger partial charge < -0.3 is 10.2 Å². The molecule has 0 saturated carbocycles. The van der Waals surface area contributed by atoms with Crippen LogP contribution in [0.15, 0.2) is 78.9 Å². The Morgan fingerprint density at radius 1 is 0.917 bits per heavy atom. The zero-order chi connectivity index (χ0) is 26.1. The smallest absolute Gasteiger partial charge is 0.243 e. The zero-order valence-electron chi connectivity index (χ0n) is 20.8. The van der Waals surface area contributed by atoms with E-state index in [1.807, 2.05) is 93.6 Å². The van der Waals surface area contributed by atoms with Crippen molar-refractivity contribution in [2.24, 2.45) is 0 Å². The normalized spacial score (nSPS) is 12.1. The number of nitrogens with one attached hydrogen (secondary N) is 1. The molecule has 4 nitrogen and oxygen atoms in total. The molecular formula is C29H32Cl2N2O2S. The van der Waals surface area contributed by atoms with E-state index in [4.69, 9.17) is 23.2 Å². The highest BCUT2D eigenvalue weighted by molar-refractivity contribution is 7.99. The molecule has 1 atom stereocenters. The summed E-state index contributed by atoms with van der Waals surface area (Å²) in [6.45, 7) is 6.05. The van der Waals surface area contributed by atoms with E-state index in [0.717, 1.165) is 16.7 Å². The maximum atomic E-state index is 13.7. The van der Waals surface area contributed by atoms with E-state index in [0.29, 0.717) is 22.2 Å². The third-order valence-corrected chi connectivity index (χ3v) is 7.04. The molecule has 0 spiro atoms. The topological polar surface area (TPSA) is 49.4 Å². The average molecular weight is 544 g/mol. The van der Waals surface area contributed by atoms with Crippen molar-refractivity contribution in [2.75, 3.05) is 5.75 Å². The molecule has 0 aromatic heterocycles. The van der Waals surface area contributed by atoms with Crippen LogP contribution in [0.3, 0.4) is 0 Å². The molecular weight excluding hydrogens is 511 g/mol. The Bertz CT molecular complexity index is 1170. The first kappa shape index (κ1) is 28.1. The fourth-order valence-corrected chi connectivity index (χ4v) is 5.05. The second kappa shape index (κ2) is 13.2. The molecule has 0 bridgehead atoms. The monoisotopic (exact) mass is 542 g/mol. The van der Waals surface area contributed by atoms with Crippen LogP contribution < -0.4 is 5.32 Å². The van der Waals surface area contributed by atoms with E-state index < -0.39 is 11.6 Å². The third kappa shape index (κ3) is 8.88. The average Bonchev–Trinajstić information content (AvgIpc) is 2.82. The van der Waals surface area contributed by atoms with Crippen LogP contribution >= 0.6 is 35.0 Å². The number of carbonyl (C=O) groups is 2. The van der Waals surface area contributed by atoms with Gasteiger partial charge in [-0.3, -0.25) is 9.59 Å². The highest BCUT2D eigenvalue weighted by Crippen LogP contribution is 2.23. The van der Waals surface area contributed by atoms with Crippen molar-refractivity contribution in [1.29, 1.82) is 0 Å². The molecule has 0 saturated heterocycles. The number of thioether (sulfide) groups is 1. The fraction of sp³-hybridized carbons (Fsp3) is 0.310. The van der Waals surface area contributed by atoms with E-state index in [1.54, 1.807) is 11.0 Å². The van der Waals surface area contributed by atoms with Gasteiger partial charge in [0.25, 0.3) is 0 Å². The Balaban J connectivity index is 1.88. The first-order valence-corrected chi connectivity index (χ1v) is 13.7. The van der Waals surface area contributed by atoms with Gasteiger partial charge in [-0.05, 0) is 55.7 Å². The first-order chi connectivity index (χ1) is 17.1. The molecule has 0 radical (unpaired) electrons. The minimum atomic E-state index is -0.692. The molecule has 1 N–H and O–H groups in total. The maximum absolute atomic E-state index is 13.7. The van der Waals surface area contributed by atoms with Crippen molar-refractivity contribution in [3.05, 3.63) is 106 Å². The third-order valence-electron chi connectivity index (χ3n) is 5.45. The van der Waals surface area contributed by atoms with E-state index in [1.165, 1.54) is 11.8 Å². The predicted molar refractivity (Wildman–Crippen MR) is 151 cm³/mol. The summed E-state index contributed by atoms with van der Waals surface area (Å²) in [5, 5.41) is 4.31. The molecule has 0 fully saturated rings. The summed E-state index contributed by atoms with van der Waals surface area (Å²) in [6.07, 6.45) is 0.401. The van der Waals surface area contributed by atoms with Gasteiger partial charge in [0, 0.05) is 34.3 Å². The number of hydrogen-bond acceptors (Lipinski definition) is 3. The summed E-state index contributed by atoms with van der Waals surface area (Å²) in [5.41, 5.74) is 2.39. The molecule has 7 heteroatoms. The summed E-state index contributed by atoms with van der Waals surface area (Å²) in [6, 6.07) is 24.1. The van der Waals surface area contributed by atoms with Crippen molar-refractivity contribution in [1.82, 2.24) is 10.2 Å². The molecule has 0 aliphatic heterocycles. The minimum Gasteiger partial charge on any atom is -0.350 e. The van der Waals surface area contributed by atoms with Crippen LogP contribution in [0.4, 0.5) is 0 Å². The molecule has 36 heavy (non-hydrogen) atoms. The van der Waals surface area contributed by atoms with E-state index in [2.05, 4.69) is 5.32 Å². The standard InChI is InChI=1S/C29H32Cl2N2O2S/c1-29(2,3)32-28(35)26(17-21-10-5-4-6-11-21)33(18-23-13-7-8-15-25(23)31)27(34)20-36-19-22-12-9-14-24(30)16-22/h4-16,26H,17-20H2,1-3H3,(H,32,35). The van der Waals surface area contributed by atoms with Crippen LogP contribution in [-0.4, -0.2) is 34.0 Å². The lowest BCUT2D eigenvalue weighted by atomic mass is 10.0. The van der Waals surface area contributed by atoms with E-state index in [9.17, 15) is 9.59 Å². The number of hydrogen-bond donors (Lipinski definition) is 1. The van der Waals surface area contributed by atoms with Crippen LogP contribution in [0, 0.1) is 0 Å². The van der Waals surface area contributed by atoms with Gasteiger partial charge in [0.2, 0.25) is 11.8 Å². The van der Waals surface area contributed by atoms with Gasteiger partial charge in [0.15, 0.2) is 0 Å². The van der Waals surface area contributed by atoms with Gasteiger partial charge in [0.05, 0.1) is 5.75 Å². The Hall–Kier alpha value is -2.47. The molecule has 2 amide bonds. The van der Waals surface area contributed by atoms with Gasteiger partial charge in [-0.2, -0.15) is 0 Å². The minimum absolute atomic E-state index is 0.119. The number of halogens is 2. The lowest BCUT2D eigenvalue weighted by Gasteiger charge is -2.34. The summed E-state index contributed by atoms with van der Waals surface area (Å²) in [7, 11) is 0. The Kier molecular flexibility index (Phi) is 10.3. The molecule has 3 aromatic rings. The van der Waals surface area contributed by atoms with Crippen LogP contribution in [0.2, 0.25) is 10.0 Å². The molecule has 0 heterocycles. The number of carbonyl (C=O) groups excluding carboxylic acids is 2. The molecule has 0 aliphatic rings. The predicted octanol–water partition coefficient (Wildman–Crippen LogP) is 6.78. The Morgan fingerprint density at radius 2 is 1.58 bits per heavy atom. The SMILES string of the molecule is CC(C)(C)NC(=O)C(Cc1ccccc1)N(Cc1ccccc1Cl)C(=O)CSCc1cccc(Cl)c1. The Labute approximate surface area is 228 Å². The number of amides is 2. The highest BCUT2D eigenvalue weighted by Gasteiger charge is 2.32. The number of benzene rings is 3. The fourth-order valence-electron chi connectivity index (χ4n) is 3.78. The summed E-state index contributed by atoms with van der Waals surface area (Å²) in [5.74, 6) is 0.563. The molecule has 3 rings (SSSR count).